The molecule has 0 aliphatic carbocycles. The van der Waals surface area contributed by atoms with Crippen molar-refractivity contribution in [3.63, 3.8) is 0 Å². The molecule has 34 heavy (non-hydrogen) atoms. The molecule has 1 fully saturated rings. The number of halogens is 1. The third-order valence-electron chi connectivity index (χ3n) is 6.21. The number of hydrogen-bond donors (Lipinski definition) is 1. The minimum Gasteiger partial charge on any atom is -0.358 e. The monoisotopic (exact) mass is 498 g/mol. The van der Waals surface area contributed by atoms with E-state index in [1.807, 2.05) is 19.1 Å². The van der Waals surface area contributed by atoms with Crippen LogP contribution in [0.2, 0.25) is 5.02 Å². The molecule has 0 saturated carbocycles. The first kappa shape index (κ1) is 22.9. The van der Waals surface area contributed by atoms with E-state index in [1.54, 1.807) is 16.3 Å². The van der Waals surface area contributed by atoms with Crippen LogP contribution in [0.5, 0.6) is 0 Å². The van der Waals surface area contributed by atoms with Crippen LogP contribution in [0.25, 0.3) is 21.3 Å². The van der Waals surface area contributed by atoms with Gasteiger partial charge in [-0.3, -0.25) is 9.69 Å². The molecule has 4 aromatic rings. The minimum atomic E-state index is -0.323. The van der Waals surface area contributed by atoms with E-state index in [1.165, 1.54) is 17.7 Å². The second kappa shape index (κ2) is 8.75. The summed E-state index contributed by atoms with van der Waals surface area (Å²) >= 11 is 7.91. The normalized spacial score (nSPS) is 16.3. The highest BCUT2D eigenvalue weighted by Crippen LogP contribution is 2.26. The molecule has 9 nitrogen and oxygen atoms in total. The van der Waals surface area contributed by atoms with Crippen molar-refractivity contribution in [2.75, 3.05) is 36.5 Å². The molecule has 0 unspecified atom stereocenters. The van der Waals surface area contributed by atoms with Crippen molar-refractivity contribution in [2.45, 2.75) is 39.3 Å². The Hall–Kier alpha value is -2.82. The summed E-state index contributed by atoms with van der Waals surface area (Å²) in [4.78, 5) is 35.0. The van der Waals surface area contributed by atoms with Crippen molar-refractivity contribution in [3.05, 3.63) is 51.2 Å². The van der Waals surface area contributed by atoms with Gasteiger partial charge >= 0.3 is 0 Å². The van der Waals surface area contributed by atoms with E-state index in [9.17, 15) is 4.79 Å². The van der Waals surface area contributed by atoms with Gasteiger partial charge in [-0.25, -0.2) is 24.6 Å². The summed E-state index contributed by atoms with van der Waals surface area (Å²) in [5.41, 5.74) is 2.94. The summed E-state index contributed by atoms with van der Waals surface area (Å²) in [7, 11) is 0. The number of anilines is 1. The van der Waals surface area contributed by atoms with Crippen LogP contribution in [-0.2, 0) is 0 Å². The number of nitrogens with one attached hydrogen (secondary N) is 1. The number of piperazine rings is 1. The maximum Gasteiger partial charge on any atom is 0.281 e. The van der Waals surface area contributed by atoms with E-state index in [0.29, 0.717) is 46.2 Å². The van der Waals surface area contributed by atoms with Crippen LogP contribution in [-0.4, -0.2) is 61.2 Å². The van der Waals surface area contributed by atoms with Gasteiger partial charge in [0.2, 0.25) is 0 Å². The van der Waals surface area contributed by atoms with Gasteiger partial charge in [0.15, 0.2) is 11.6 Å². The van der Waals surface area contributed by atoms with Crippen molar-refractivity contribution in [1.29, 1.82) is 0 Å². The number of aromatic nitrogens is 5. The summed E-state index contributed by atoms with van der Waals surface area (Å²) in [5.74, 6) is 1.22. The number of thiazole rings is 1. The topological polar surface area (TPSA) is 92.1 Å². The largest absolute Gasteiger partial charge is 0.358 e. The Labute approximate surface area is 206 Å². The highest BCUT2D eigenvalue weighted by molar-refractivity contribution is 7.16. The second-order valence-electron chi connectivity index (χ2n) is 9.43. The third kappa shape index (κ3) is 4.10. The Balaban J connectivity index is 1.58. The zero-order valence-corrected chi connectivity index (χ0v) is 21.2. The minimum absolute atomic E-state index is 0.0750. The fraction of sp³-hybridized carbons (Fsp3) is 0.435. The van der Waals surface area contributed by atoms with Crippen molar-refractivity contribution < 1.29 is 0 Å². The Kier molecular flexibility index (Phi) is 5.91. The van der Waals surface area contributed by atoms with Crippen molar-refractivity contribution in [3.8, 4) is 0 Å². The summed E-state index contributed by atoms with van der Waals surface area (Å²) in [6.45, 7) is 11.7. The van der Waals surface area contributed by atoms with E-state index in [4.69, 9.17) is 16.6 Å². The van der Waals surface area contributed by atoms with Crippen molar-refractivity contribution >= 4 is 50.0 Å². The fourth-order valence-electron chi connectivity index (χ4n) is 4.39. The zero-order valence-electron chi connectivity index (χ0n) is 19.6. The Morgan fingerprint density at radius 1 is 1.12 bits per heavy atom. The fourth-order valence-corrected chi connectivity index (χ4v) is 5.27. The lowest BCUT2D eigenvalue weighted by atomic mass is 10.1. The summed E-state index contributed by atoms with van der Waals surface area (Å²) in [6.07, 6.45) is 1.52. The summed E-state index contributed by atoms with van der Waals surface area (Å²) in [6, 6.07) is 5.05. The van der Waals surface area contributed by atoms with Gasteiger partial charge in [0, 0.05) is 31.7 Å². The molecule has 1 aliphatic heterocycles. The van der Waals surface area contributed by atoms with E-state index in [-0.39, 0.29) is 17.1 Å². The maximum atomic E-state index is 13.8. The molecule has 11 heteroatoms. The molecule has 0 amide bonds. The molecule has 0 bridgehead atoms. The molecule has 1 aromatic carbocycles. The van der Waals surface area contributed by atoms with Crippen LogP contribution < -0.4 is 15.9 Å². The lowest BCUT2D eigenvalue weighted by Gasteiger charge is -2.43. The van der Waals surface area contributed by atoms with Gasteiger partial charge in [-0.15, -0.1) is 11.3 Å². The zero-order chi connectivity index (χ0) is 24.0. The van der Waals surface area contributed by atoms with Crippen LogP contribution in [0.15, 0.2) is 34.8 Å². The van der Waals surface area contributed by atoms with Gasteiger partial charge in [-0.2, -0.15) is 0 Å². The molecule has 4 heterocycles. The number of benzene rings is 1. The Morgan fingerprint density at radius 2 is 1.88 bits per heavy atom. The molecule has 1 aliphatic rings. The lowest BCUT2D eigenvalue weighted by Crippen LogP contribution is -2.59. The van der Waals surface area contributed by atoms with E-state index >= 15 is 0 Å². The van der Waals surface area contributed by atoms with Crippen LogP contribution in [0, 0.1) is 0 Å². The lowest BCUT2D eigenvalue weighted by molar-refractivity contribution is 0.119. The summed E-state index contributed by atoms with van der Waals surface area (Å²) in [5, 5.41) is 6.32. The molecule has 1 atom stereocenters. The van der Waals surface area contributed by atoms with Gasteiger partial charge in [0.25, 0.3) is 5.56 Å². The molecular formula is C23H27ClN8OS. The van der Waals surface area contributed by atoms with Crippen LogP contribution in [0.4, 0.5) is 5.82 Å². The third-order valence-corrected chi connectivity index (χ3v) is 7.26. The molecule has 5 rings (SSSR count). The molecular weight excluding hydrogens is 472 g/mol. The van der Waals surface area contributed by atoms with Gasteiger partial charge < -0.3 is 10.3 Å². The van der Waals surface area contributed by atoms with Crippen molar-refractivity contribution in [1.82, 2.24) is 29.5 Å². The van der Waals surface area contributed by atoms with E-state index < -0.39 is 0 Å². The van der Waals surface area contributed by atoms with Gasteiger partial charge in [-0.1, -0.05) is 17.7 Å². The van der Waals surface area contributed by atoms with Crippen LogP contribution >= 0.6 is 22.9 Å². The predicted molar refractivity (Wildman–Crippen MR) is 138 cm³/mol. The molecule has 0 spiro atoms. The number of hydrogen-bond acceptors (Lipinski definition) is 9. The average Bonchev–Trinajstić information content (AvgIpc) is 3.28. The highest BCUT2D eigenvalue weighted by Gasteiger charge is 2.29. The van der Waals surface area contributed by atoms with E-state index in [2.05, 4.69) is 50.9 Å². The quantitative estimate of drug-likeness (QED) is 0.455. The molecule has 0 radical (unpaired) electrons. The SMILES string of the molecule is C[C@H](Nc1ncnc2scnc12)c1nc2cccc(Cl)c2c(=O)n1N1CCN(C(C)(C)C)CC1. The predicted octanol–water partition coefficient (Wildman–Crippen LogP) is 3.67. The van der Waals surface area contributed by atoms with Crippen LogP contribution in [0.3, 0.4) is 0 Å². The van der Waals surface area contributed by atoms with Crippen molar-refractivity contribution in [2.24, 2.45) is 0 Å². The Bertz CT molecular complexity index is 1400. The maximum absolute atomic E-state index is 13.8. The van der Waals surface area contributed by atoms with Gasteiger partial charge in [-0.05, 0) is 39.8 Å². The standard InChI is InChI=1S/C23H27ClN8OS/c1-14(28-19-18-21(26-12-25-19)34-13-27-18)20-29-16-7-5-6-15(24)17(16)22(33)32(20)31-10-8-30(9-11-31)23(2,3)4/h5-7,12-14H,8-11H2,1-4H3,(H,25,26,28)/t14-/m0/s1. The number of nitrogens with zero attached hydrogens (tertiary/aromatic N) is 7. The van der Waals surface area contributed by atoms with Crippen LogP contribution in [0.1, 0.15) is 39.6 Å². The number of rotatable bonds is 4. The van der Waals surface area contributed by atoms with Gasteiger partial charge in [0.1, 0.15) is 16.7 Å². The second-order valence-corrected chi connectivity index (χ2v) is 10.7. The molecule has 1 N–H and O–H groups in total. The Morgan fingerprint density at radius 3 is 2.62 bits per heavy atom. The highest BCUT2D eigenvalue weighted by atomic mass is 35.5. The van der Waals surface area contributed by atoms with Gasteiger partial charge in [0.05, 0.1) is 27.5 Å². The molecule has 1 saturated heterocycles. The molecule has 178 valence electrons. The van der Waals surface area contributed by atoms with E-state index in [0.717, 1.165) is 17.9 Å². The first-order valence-corrected chi connectivity index (χ1v) is 12.5. The number of fused-ring (bicyclic) bond motifs is 2. The molecule has 3 aromatic heterocycles. The first-order valence-electron chi connectivity index (χ1n) is 11.3. The smallest absolute Gasteiger partial charge is 0.281 e. The summed E-state index contributed by atoms with van der Waals surface area (Å²) < 4.78 is 1.70. The average molecular weight is 499 g/mol. The first-order chi connectivity index (χ1) is 16.2.